The molecule has 11 heavy (non-hydrogen) atoms. The van der Waals surface area contributed by atoms with Gasteiger partial charge in [-0.3, -0.25) is 4.99 Å². The number of aliphatic imine (C=N–C) groups is 1. The van der Waals surface area contributed by atoms with Crippen LogP contribution in [0, 0.1) is 0 Å². The van der Waals surface area contributed by atoms with Gasteiger partial charge < -0.3 is 10.6 Å². The zero-order valence-corrected chi connectivity index (χ0v) is 7.28. The largest absolute Gasteiger partial charge is 0.355 e. The Kier molecular flexibility index (Phi) is 2.21. The van der Waals surface area contributed by atoms with E-state index in [-0.39, 0.29) is 0 Å². The van der Waals surface area contributed by atoms with Gasteiger partial charge in [0.2, 0.25) is 0 Å². The van der Waals surface area contributed by atoms with Crippen LogP contribution in [-0.2, 0) is 0 Å². The Balaban J connectivity index is 1.79. The first-order valence-corrected chi connectivity index (χ1v) is 5.23. The van der Waals surface area contributed by atoms with Gasteiger partial charge in [0.25, 0.3) is 0 Å². The van der Waals surface area contributed by atoms with Crippen molar-refractivity contribution in [3.8, 4) is 0 Å². The molecule has 2 aliphatic rings. The number of nitrogens with zero attached hydrogens (tertiary/aromatic N) is 1. The standard InChI is InChI=1S/C7H13N3S/c1-4-11-5-6(1)10-7-8-2-3-9-7/h6H,1-5H2,(H2,8,9,10). The molecule has 1 atom stereocenters. The number of rotatable bonds is 1. The fourth-order valence-electron chi connectivity index (χ4n) is 1.34. The van der Waals surface area contributed by atoms with Gasteiger partial charge in [0.05, 0.1) is 6.54 Å². The van der Waals surface area contributed by atoms with Crippen molar-refractivity contribution < 1.29 is 0 Å². The quantitative estimate of drug-likeness (QED) is 0.585. The van der Waals surface area contributed by atoms with Crippen molar-refractivity contribution in [1.82, 2.24) is 10.6 Å². The average Bonchev–Trinajstić information content (AvgIpc) is 2.60. The Morgan fingerprint density at radius 2 is 2.64 bits per heavy atom. The second-order valence-electron chi connectivity index (χ2n) is 2.86. The minimum Gasteiger partial charge on any atom is -0.355 e. The van der Waals surface area contributed by atoms with Crippen LogP contribution in [0.5, 0.6) is 0 Å². The van der Waals surface area contributed by atoms with E-state index in [0.717, 1.165) is 19.0 Å². The number of hydrogen-bond acceptors (Lipinski definition) is 4. The molecule has 0 aromatic carbocycles. The lowest BCUT2D eigenvalue weighted by Crippen LogP contribution is -2.40. The molecule has 4 heteroatoms. The minimum atomic E-state index is 0.657. The molecule has 2 aliphatic heterocycles. The molecule has 2 heterocycles. The van der Waals surface area contributed by atoms with Gasteiger partial charge in [0.15, 0.2) is 5.96 Å². The van der Waals surface area contributed by atoms with E-state index in [9.17, 15) is 0 Å². The summed E-state index contributed by atoms with van der Waals surface area (Å²) in [5, 5.41) is 6.61. The van der Waals surface area contributed by atoms with E-state index in [4.69, 9.17) is 0 Å². The third kappa shape index (κ3) is 1.80. The molecule has 0 saturated carbocycles. The van der Waals surface area contributed by atoms with Crippen molar-refractivity contribution in [2.75, 3.05) is 24.6 Å². The van der Waals surface area contributed by atoms with Crippen LogP contribution in [-0.4, -0.2) is 36.6 Å². The van der Waals surface area contributed by atoms with Crippen molar-refractivity contribution in [2.45, 2.75) is 12.5 Å². The molecule has 0 aromatic rings. The molecule has 0 radical (unpaired) electrons. The lowest BCUT2D eigenvalue weighted by Gasteiger charge is -2.11. The molecule has 3 nitrogen and oxygen atoms in total. The normalized spacial score (nSPS) is 29.8. The Labute approximate surface area is 71.0 Å². The highest BCUT2D eigenvalue weighted by atomic mass is 32.2. The lowest BCUT2D eigenvalue weighted by molar-refractivity contribution is 0.667. The first-order valence-electron chi connectivity index (χ1n) is 4.08. The molecular weight excluding hydrogens is 158 g/mol. The molecular formula is C7H13N3S. The topological polar surface area (TPSA) is 36.4 Å². The van der Waals surface area contributed by atoms with Crippen LogP contribution in [0.25, 0.3) is 0 Å². The molecule has 2 rings (SSSR count). The molecule has 0 bridgehead atoms. The molecule has 0 spiro atoms. The number of thioether (sulfide) groups is 1. The molecule has 0 aliphatic carbocycles. The summed E-state index contributed by atoms with van der Waals surface area (Å²) in [6.07, 6.45) is 1.28. The molecule has 1 saturated heterocycles. The van der Waals surface area contributed by atoms with Crippen LogP contribution in [0.15, 0.2) is 4.99 Å². The van der Waals surface area contributed by atoms with Gasteiger partial charge in [-0.1, -0.05) is 0 Å². The molecule has 1 fully saturated rings. The summed E-state index contributed by atoms with van der Waals surface area (Å²) in [5.74, 6) is 3.54. The van der Waals surface area contributed by atoms with E-state index >= 15 is 0 Å². The zero-order chi connectivity index (χ0) is 7.52. The van der Waals surface area contributed by atoms with Gasteiger partial charge >= 0.3 is 0 Å². The Hall–Kier alpha value is -0.380. The average molecular weight is 171 g/mol. The fraction of sp³-hybridized carbons (Fsp3) is 0.857. The van der Waals surface area contributed by atoms with Crippen LogP contribution >= 0.6 is 11.8 Å². The first kappa shape index (κ1) is 7.28. The Morgan fingerprint density at radius 1 is 1.64 bits per heavy atom. The van der Waals surface area contributed by atoms with Crippen LogP contribution in [0.3, 0.4) is 0 Å². The fourth-order valence-corrected chi connectivity index (χ4v) is 2.49. The van der Waals surface area contributed by atoms with Gasteiger partial charge in [0.1, 0.15) is 0 Å². The van der Waals surface area contributed by atoms with E-state index in [1.165, 1.54) is 17.9 Å². The van der Waals surface area contributed by atoms with E-state index in [1.807, 2.05) is 11.8 Å². The first-order chi connectivity index (χ1) is 5.45. The molecule has 0 aromatic heterocycles. The van der Waals surface area contributed by atoms with E-state index in [0.29, 0.717) is 6.04 Å². The summed E-state index contributed by atoms with van der Waals surface area (Å²) >= 11 is 2.02. The predicted molar refractivity (Wildman–Crippen MR) is 49.2 cm³/mol. The van der Waals surface area contributed by atoms with Crippen molar-refractivity contribution in [1.29, 1.82) is 0 Å². The summed E-state index contributed by atoms with van der Waals surface area (Å²) in [4.78, 5) is 4.28. The molecule has 0 amide bonds. The second kappa shape index (κ2) is 3.34. The van der Waals surface area contributed by atoms with Gasteiger partial charge in [-0.25, -0.2) is 0 Å². The van der Waals surface area contributed by atoms with E-state index in [2.05, 4.69) is 15.6 Å². The molecule has 2 N–H and O–H groups in total. The zero-order valence-electron chi connectivity index (χ0n) is 6.47. The van der Waals surface area contributed by atoms with Crippen LogP contribution in [0.1, 0.15) is 6.42 Å². The number of guanidine groups is 1. The smallest absolute Gasteiger partial charge is 0.191 e. The van der Waals surface area contributed by atoms with Gasteiger partial charge in [0, 0.05) is 18.3 Å². The van der Waals surface area contributed by atoms with Gasteiger partial charge in [-0.2, -0.15) is 11.8 Å². The SMILES string of the molecule is C1CNC(NC2CCSC2)=N1. The Bertz CT molecular complexity index is 163. The third-order valence-electron chi connectivity index (χ3n) is 1.94. The maximum atomic E-state index is 4.28. The van der Waals surface area contributed by atoms with E-state index < -0.39 is 0 Å². The molecule has 1 unspecified atom stereocenters. The van der Waals surface area contributed by atoms with Crippen LogP contribution in [0.4, 0.5) is 0 Å². The summed E-state index contributed by atoms with van der Waals surface area (Å²) in [6, 6.07) is 0.657. The van der Waals surface area contributed by atoms with Crippen molar-refractivity contribution in [3.63, 3.8) is 0 Å². The van der Waals surface area contributed by atoms with Gasteiger partial charge in [-0.05, 0) is 12.2 Å². The summed E-state index contributed by atoms with van der Waals surface area (Å²) < 4.78 is 0. The Morgan fingerprint density at radius 3 is 3.27 bits per heavy atom. The van der Waals surface area contributed by atoms with Crippen molar-refractivity contribution in [2.24, 2.45) is 4.99 Å². The summed E-state index contributed by atoms with van der Waals surface area (Å²) in [6.45, 7) is 1.93. The highest BCUT2D eigenvalue weighted by Crippen LogP contribution is 2.16. The number of nitrogens with one attached hydrogen (secondary N) is 2. The molecule has 62 valence electrons. The minimum absolute atomic E-state index is 0.657. The maximum Gasteiger partial charge on any atom is 0.191 e. The van der Waals surface area contributed by atoms with E-state index in [1.54, 1.807) is 0 Å². The van der Waals surface area contributed by atoms with Crippen LogP contribution in [0.2, 0.25) is 0 Å². The lowest BCUT2D eigenvalue weighted by atomic mass is 10.3. The highest BCUT2D eigenvalue weighted by molar-refractivity contribution is 7.99. The predicted octanol–water partition coefficient (Wildman–Crippen LogP) is 0.0407. The van der Waals surface area contributed by atoms with Crippen molar-refractivity contribution >= 4 is 17.7 Å². The maximum absolute atomic E-state index is 4.28. The monoisotopic (exact) mass is 171 g/mol. The third-order valence-corrected chi connectivity index (χ3v) is 3.11. The second-order valence-corrected chi connectivity index (χ2v) is 4.01. The summed E-state index contributed by atoms with van der Waals surface area (Å²) in [7, 11) is 0. The van der Waals surface area contributed by atoms with Gasteiger partial charge in [-0.15, -0.1) is 0 Å². The number of hydrogen-bond donors (Lipinski definition) is 2. The van der Waals surface area contributed by atoms with Crippen molar-refractivity contribution in [3.05, 3.63) is 0 Å². The highest BCUT2D eigenvalue weighted by Gasteiger charge is 2.17. The summed E-state index contributed by atoms with van der Waals surface area (Å²) in [5.41, 5.74) is 0. The van der Waals surface area contributed by atoms with Crippen LogP contribution < -0.4 is 10.6 Å².